The lowest BCUT2D eigenvalue weighted by molar-refractivity contribution is 0.286. The maximum absolute atomic E-state index is 8.91. The number of thioether (sulfide) groups is 1. The van der Waals surface area contributed by atoms with Gasteiger partial charge in [0.15, 0.2) is 5.16 Å². The molecule has 108 valence electrons. The Bertz CT molecular complexity index is 375. The molecule has 1 aromatic rings. The molecule has 1 N–H and O–H groups in total. The fourth-order valence-electron chi connectivity index (χ4n) is 2.71. The Labute approximate surface area is 120 Å². The lowest BCUT2D eigenvalue weighted by Crippen LogP contribution is -2.10. The molecule has 1 aliphatic rings. The zero-order valence-corrected chi connectivity index (χ0v) is 12.7. The van der Waals surface area contributed by atoms with E-state index in [0.717, 1.165) is 36.3 Å². The molecule has 1 aromatic heterocycles. The predicted octanol–water partition coefficient (Wildman–Crippen LogP) is 2.90. The summed E-state index contributed by atoms with van der Waals surface area (Å²) < 4.78 is 2.20. The van der Waals surface area contributed by atoms with E-state index in [9.17, 15) is 0 Å². The standard InChI is InChI=1S/C14H25N3OS/c1-2-17-13(9-6-10-18)15-16-14(17)19-11-12-7-4-3-5-8-12/h12,18H,2-11H2,1H3. The average Bonchev–Trinajstić information content (AvgIpc) is 2.86. The minimum atomic E-state index is 0.223. The average molecular weight is 283 g/mol. The Morgan fingerprint density at radius 2 is 2.05 bits per heavy atom. The largest absolute Gasteiger partial charge is 0.396 e. The monoisotopic (exact) mass is 283 g/mol. The predicted molar refractivity (Wildman–Crippen MR) is 78.4 cm³/mol. The summed E-state index contributed by atoms with van der Waals surface area (Å²) in [4.78, 5) is 0. The van der Waals surface area contributed by atoms with Crippen LogP contribution in [0, 0.1) is 5.92 Å². The van der Waals surface area contributed by atoms with Crippen molar-refractivity contribution >= 4 is 11.8 Å². The van der Waals surface area contributed by atoms with Gasteiger partial charge in [0, 0.05) is 25.3 Å². The van der Waals surface area contributed by atoms with Crippen LogP contribution in [0.4, 0.5) is 0 Å². The van der Waals surface area contributed by atoms with Crippen LogP contribution < -0.4 is 0 Å². The van der Waals surface area contributed by atoms with Gasteiger partial charge in [-0.15, -0.1) is 10.2 Å². The van der Waals surface area contributed by atoms with Gasteiger partial charge < -0.3 is 9.67 Å². The smallest absolute Gasteiger partial charge is 0.191 e. The van der Waals surface area contributed by atoms with E-state index in [-0.39, 0.29) is 6.61 Å². The van der Waals surface area contributed by atoms with Crippen LogP contribution >= 0.6 is 11.8 Å². The first kappa shape index (κ1) is 14.9. The normalized spacial score (nSPS) is 16.9. The molecule has 0 bridgehead atoms. The number of hydrogen-bond acceptors (Lipinski definition) is 4. The van der Waals surface area contributed by atoms with Crippen LogP contribution in [0.2, 0.25) is 0 Å². The van der Waals surface area contributed by atoms with Crippen LogP contribution in [0.25, 0.3) is 0 Å². The molecule has 19 heavy (non-hydrogen) atoms. The molecule has 5 heteroatoms. The van der Waals surface area contributed by atoms with Crippen molar-refractivity contribution < 1.29 is 5.11 Å². The fraction of sp³-hybridized carbons (Fsp3) is 0.857. The Kier molecular flexibility index (Phi) is 6.17. The van der Waals surface area contributed by atoms with Gasteiger partial charge in [-0.3, -0.25) is 0 Å². The molecule has 1 aliphatic carbocycles. The molecule has 0 amide bonds. The van der Waals surface area contributed by atoms with Gasteiger partial charge in [0.2, 0.25) is 0 Å². The molecular weight excluding hydrogens is 258 g/mol. The highest BCUT2D eigenvalue weighted by Crippen LogP contribution is 2.29. The molecule has 0 aromatic carbocycles. The molecule has 1 saturated carbocycles. The third-order valence-electron chi connectivity index (χ3n) is 3.84. The van der Waals surface area contributed by atoms with Gasteiger partial charge in [0.25, 0.3) is 0 Å². The Morgan fingerprint density at radius 1 is 1.26 bits per heavy atom. The number of rotatable bonds is 7. The number of hydrogen-bond donors (Lipinski definition) is 1. The summed E-state index contributed by atoms with van der Waals surface area (Å²) in [6.45, 7) is 3.28. The van der Waals surface area contributed by atoms with Crippen molar-refractivity contribution in [3.63, 3.8) is 0 Å². The van der Waals surface area contributed by atoms with Crippen molar-refractivity contribution in [2.75, 3.05) is 12.4 Å². The summed E-state index contributed by atoms with van der Waals surface area (Å²) in [6.07, 6.45) is 8.56. The number of aliphatic hydroxyl groups excluding tert-OH is 1. The van der Waals surface area contributed by atoms with Crippen molar-refractivity contribution in [3.05, 3.63) is 5.82 Å². The molecule has 0 aliphatic heterocycles. The molecule has 0 spiro atoms. The first-order valence-corrected chi connectivity index (χ1v) is 8.49. The van der Waals surface area contributed by atoms with E-state index < -0.39 is 0 Å². The minimum absolute atomic E-state index is 0.223. The first-order chi connectivity index (χ1) is 9.35. The topological polar surface area (TPSA) is 50.9 Å². The van der Waals surface area contributed by atoms with Crippen LogP contribution in [0.1, 0.15) is 51.3 Å². The van der Waals surface area contributed by atoms with Gasteiger partial charge in [0.05, 0.1) is 0 Å². The van der Waals surface area contributed by atoms with E-state index in [1.54, 1.807) is 0 Å². The van der Waals surface area contributed by atoms with Gasteiger partial charge in [-0.05, 0) is 32.1 Å². The highest BCUT2D eigenvalue weighted by Gasteiger charge is 2.16. The summed E-state index contributed by atoms with van der Waals surface area (Å²) in [7, 11) is 0. The van der Waals surface area contributed by atoms with Crippen LogP contribution in [0.5, 0.6) is 0 Å². The zero-order valence-electron chi connectivity index (χ0n) is 11.8. The number of aromatic nitrogens is 3. The molecule has 0 atom stereocenters. The Morgan fingerprint density at radius 3 is 2.74 bits per heavy atom. The van der Waals surface area contributed by atoms with Gasteiger partial charge in [-0.2, -0.15) is 0 Å². The molecular formula is C14H25N3OS. The maximum Gasteiger partial charge on any atom is 0.191 e. The van der Waals surface area contributed by atoms with E-state index in [1.165, 1.54) is 37.9 Å². The number of aliphatic hydroxyl groups is 1. The number of nitrogens with zero attached hydrogens (tertiary/aromatic N) is 3. The molecule has 0 unspecified atom stereocenters. The van der Waals surface area contributed by atoms with Crippen molar-refractivity contribution in [2.24, 2.45) is 5.92 Å². The van der Waals surface area contributed by atoms with E-state index in [4.69, 9.17) is 5.11 Å². The van der Waals surface area contributed by atoms with Crippen molar-refractivity contribution in [1.29, 1.82) is 0 Å². The van der Waals surface area contributed by atoms with Crippen molar-refractivity contribution in [3.8, 4) is 0 Å². The van der Waals surface area contributed by atoms with Crippen molar-refractivity contribution in [2.45, 2.75) is 63.6 Å². The number of aryl methyl sites for hydroxylation is 1. The maximum atomic E-state index is 8.91. The molecule has 0 radical (unpaired) electrons. The summed E-state index contributed by atoms with van der Waals surface area (Å²) in [5.41, 5.74) is 0. The van der Waals surface area contributed by atoms with Crippen LogP contribution in [-0.2, 0) is 13.0 Å². The second-order valence-electron chi connectivity index (χ2n) is 5.29. The summed E-state index contributed by atoms with van der Waals surface area (Å²) in [6, 6.07) is 0. The van der Waals surface area contributed by atoms with E-state index >= 15 is 0 Å². The van der Waals surface area contributed by atoms with E-state index in [2.05, 4.69) is 21.7 Å². The van der Waals surface area contributed by atoms with Gasteiger partial charge in [-0.1, -0.05) is 31.0 Å². The third kappa shape index (κ3) is 4.21. The Hall–Kier alpha value is -0.550. The fourth-order valence-corrected chi connectivity index (χ4v) is 3.92. The van der Waals surface area contributed by atoms with Crippen LogP contribution in [-0.4, -0.2) is 32.2 Å². The summed E-state index contributed by atoms with van der Waals surface area (Å²) >= 11 is 1.86. The molecule has 1 heterocycles. The minimum Gasteiger partial charge on any atom is -0.396 e. The second kappa shape index (κ2) is 7.90. The summed E-state index contributed by atoms with van der Waals surface area (Å²) in [5, 5.41) is 18.6. The first-order valence-electron chi connectivity index (χ1n) is 7.51. The zero-order chi connectivity index (χ0) is 13.5. The van der Waals surface area contributed by atoms with Gasteiger partial charge in [0.1, 0.15) is 5.82 Å². The quantitative estimate of drug-likeness (QED) is 0.782. The lowest BCUT2D eigenvalue weighted by Gasteiger charge is -2.20. The third-order valence-corrected chi connectivity index (χ3v) is 5.04. The highest BCUT2D eigenvalue weighted by atomic mass is 32.2. The van der Waals surface area contributed by atoms with Gasteiger partial charge in [-0.25, -0.2) is 0 Å². The van der Waals surface area contributed by atoms with E-state index in [1.807, 2.05) is 11.8 Å². The lowest BCUT2D eigenvalue weighted by atomic mass is 9.91. The summed E-state index contributed by atoms with van der Waals surface area (Å²) in [5.74, 6) is 3.06. The van der Waals surface area contributed by atoms with Gasteiger partial charge >= 0.3 is 0 Å². The van der Waals surface area contributed by atoms with E-state index in [0.29, 0.717) is 0 Å². The molecule has 1 fully saturated rings. The SMILES string of the molecule is CCn1c(CCCO)nnc1SCC1CCCCC1. The Balaban J connectivity index is 1.89. The van der Waals surface area contributed by atoms with Crippen LogP contribution in [0.15, 0.2) is 5.16 Å². The van der Waals surface area contributed by atoms with Crippen molar-refractivity contribution in [1.82, 2.24) is 14.8 Å². The highest BCUT2D eigenvalue weighted by molar-refractivity contribution is 7.99. The molecule has 0 saturated heterocycles. The second-order valence-corrected chi connectivity index (χ2v) is 6.27. The van der Waals surface area contributed by atoms with Crippen LogP contribution in [0.3, 0.4) is 0 Å². The molecule has 4 nitrogen and oxygen atoms in total. The molecule has 2 rings (SSSR count).